The Labute approximate surface area is 146 Å². The summed E-state index contributed by atoms with van der Waals surface area (Å²) in [5, 5.41) is 1.92. The van der Waals surface area contributed by atoms with Gasteiger partial charge < -0.3 is 9.72 Å². The molecule has 1 N–H and O–H groups in total. The number of rotatable bonds is 4. The molecule has 1 aliphatic heterocycles. The monoisotopic (exact) mass is 357 g/mol. The van der Waals surface area contributed by atoms with Gasteiger partial charge in [0.15, 0.2) is 0 Å². The number of hydrogen-bond donors (Lipinski definition) is 1. The molecule has 0 saturated carbocycles. The maximum absolute atomic E-state index is 13.3. The van der Waals surface area contributed by atoms with Gasteiger partial charge in [0.1, 0.15) is 5.82 Å². The average molecular weight is 357 g/mol. The fraction of sp³-hybridized carbons (Fsp3) is 0.278. The number of ether oxygens (including phenoxy) is 1. The van der Waals surface area contributed by atoms with Crippen molar-refractivity contribution < 1.29 is 13.2 Å². The molecule has 1 aromatic heterocycles. The van der Waals surface area contributed by atoms with Crippen molar-refractivity contribution in [1.82, 2.24) is 14.3 Å². The van der Waals surface area contributed by atoms with E-state index in [1.807, 2.05) is 30.3 Å². The molecular weight excluding hydrogens is 338 g/mol. The van der Waals surface area contributed by atoms with Crippen molar-refractivity contribution in [2.45, 2.75) is 23.5 Å². The Morgan fingerprint density at radius 2 is 2.00 bits per heavy atom. The number of benzene rings is 2. The minimum Gasteiger partial charge on any atom is -0.380 e. The number of sulfonamides is 1. The highest BCUT2D eigenvalue weighted by molar-refractivity contribution is 7.89. The first-order valence-corrected chi connectivity index (χ1v) is 9.56. The Balaban J connectivity index is 1.76. The smallest absolute Gasteiger partial charge is 0.243 e. The van der Waals surface area contributed by atoms with E-state index in [4.69, 9.17) is 4.74 Å². The molecule has 2 aromatic carbocycles. The van der Waals surface area contributed by atoms with Crippen LogP contribution >= 0.6 is 0 Å². The molecule has 2 heterocycles. The predicted octanol–water partition coefficient (Wildman–Crippen LogP) is 2.71. The highest BCUT2D eigenvalue weighted by atomic mass is 32.2. The van der Waals surface area contributed by atoms with Gasteiger partial charge in [-0.25, -0.2) is 13.4 Å². The summed E-state index contributed by atoms with van der Waals surface area (Å²) in [7, 11) is -2.05. The van der Waals surface area contributed by atoms with Gasteiger partial charge in [-0.15, -0.1) is 0 Å². The second kappa shape index (κ2) is 6.25. The van der Waals surface area contributed by atoms with Crippen molar-refractivity contribution >= 4 is 20.8 Å². The lowest BCUT2D eigenvalue weighted by Crippen LogP contribution is -2.32. The summed E-state index contributed by atoms with van der Waals surface area (Å²) in [4.78, 5) is 7.58. The van der Waals surface area contributed by atoms with Crippen LogP contribution in [0, 0.1) is 0 Å². The summed E-state index contributed by atoms with van der Waals surface area (Å²) in [5.74, 6) is 0.643. The molecule has 1 fully saturated rings. The zero-order chi connectivity index (χ0) is 17.4. The summed E-state index contributed by atoms with van der Waals surface area (Å²) < 4.78 is 33.5. The van der Waals surface area contributed by atoms with Gasteiger partial charge in [0.2, 0.25) is 10.0 Å². The lowest BCUT2D eigenvalue weighted by atomic mass is 10.1. The zero-order valence-corrected chi connectivity index (χ0v) is 14.6. The third-order valence-corrected chi connectivity index (χ3v) is 6.58. The van der Waals surface area contributed by atoms with Crippen LogP contribution in [0.4, 0.5) is 0 Å². The largest absolute Gasteiger partial charge is 0.380 e. The number of aromatic nitrogens is 2. The first kappa shape index (κ1) is 16.3. The molecule has 1 aliphatic rings. The van der Waals surface area contributed by atoms with Gasteiger partial charge in [0.05, 0.1) is 17.0 Å². The van der Waals surface area contributed by atoms with Gasteiger partial charge in [-0.1, -0.05) is 30.3 Å². The van der Waals surface area contributed by atoms with Crippen molar-refractivity contribution in [3.05, 3.63) is 60.7 Å². The lowest BCUT2D eigenvalue weighted by molar-refractivity contribution is 0.114. The van der Waals surface area contributed by atoms with Gasteiger partial charge in [-0.05, 0) is 29.3 Å². The fourth-order valence-corrected chi connectivity index (χ4v) is 5.05. The standard InChI is InChI=1S/C18H19N3O3S/c1-24-15-11-17(18-19-8-9-20-18)21(12-15)25(22,23)16-7-6-13-4-2-3-5-14(13)10-16/h2-10,15,17H,11-12H2,1H3,(H,19,20)/t15-,17?/m1/s1. The van der Waals surface area contributed by atoms with Crippen LogP contribution < -0.4 is 0 Å². The molecule has 130 valence electrons. The molecular formula is C18H19N3O3S. The molecule has 2 atom stereocenters. The third-order valence-electron chi connectivity index (χ3n) is 4.71. The molecule has 0 radical (unpaired) electrons. The van der Waals surface area contributed by atoms with Crippen LogP contribution in [0.1, 0.15) is 18.3 Å². The van der Waals surface area contributed by atoms with E-state index in [9.17, 15) is 8.42 Å². The fourth-order valence-electron chi connectivity index (χ4n) is 3.38. The minimum absolute atomic E-state index is 0.148. The molecule has 0 bridgehead atoms. The van der Waals surface area contributed by atoms with Crippen LogP contribution in [0.3, 0.4) is 0 Å². The van der Waals surface area contributed by atoms with E-state index in [0.29, 0.717) is 23.7 Å². The highest BCUT2D eigenvalue weighted by Crippen LogP contribution is 2.36. The maximum atomic E-state index is 13.3. The second-order valence-corrected chi connectivity index (χ2v) is 8.06. The molecule has 6 nitrogen and oxygen atoms in total. The normalized spacial score (nSPS) is 21.8. The first-order valence-electron chi connectivity index (χ1n) is 8.12. The van der Waals surface area contributed by atoms with Crippen molar-refractivity contribution in [2.75, 3.05) is 13.7 Å². The first-order chi connectivity index (χ1) is 12.1. The molecule has 3 aromatic rings. The Hall–Kier alpha value is -2.22. The number of fused-ring (bicyclic) bond motifs is 1. The number of nitrogens with one attached hydrogen (secondary N) is 1. The van der Waals surface area contributed by atoms with E-state index in [2.05, 4.69) is 9.97 Å². The average Bonchev–Trinajstić information content (AvgIpc) is 3.30. The Kier molecular flexibility index (Phi) is 4.07. The van der Waals surface area contributed by atoms with Gasteiger partial charge in [-0.3, -0.25) is 0 Å². The summed E-state index contributed by atoms with van der Waals surface area (Å²) in [6.45, 7) is 0.316. The predicted molar refractivity (Wildman–Crippen MR) is 94.6 cm³/mol. The second-order valence-electron chi connectivity index (χ2n) is 6.17. The summed E-state index contributed by atoms with van der Waals surface area (Å²) >= 11 is 0. The number of methoxy groups -OCH3 is 1. The molecule has 4 rings (SSSR count). The Bertz CT molecular complexity index is 986. The van der Waals surface area contributed by atoms with E-state index in [1.165, 1.54) is 4.31 Å². The van der Waals surface area contributed by atoms with Crippen LogP contribution in [0.15, 0.2) is 59.8 Å². The Morgan fingerprint density at radius 3 is 2.72 bits per heavy atom. The molecule has 1 unspecified atom stereocenters. The van der Waals surface area contributed by atoms with Crippen LogP contribution in [0.2, 0.25) is 0 Å². The quantitative estimate of drug-likeness (QED) is 0.779. The van der Waals surface area contributed by atoms with E-state index in [-0.39, 0.29) is 12.1 Å². The zero-order valence-electron chi connectivity index (χ0n) is 13.8. The van der Waals surface area contributed by atoms with Crippen molar-refractivity contribution in [1.29, 1.82) is 0 Å². The van der Waals surface area contributed by atoms with Gasteiger partial charge in [0, 0.05) is 26.0 Å². The number of nitrogens with zero attached hydrogens (tertiary/aromatic N) is 2. The van der Waals surface area contributed by atoms with Gasteiger partial charge >= 0.3 is 0 Å². The van der Waals surface area contributed by atoms with E-state index >= 15 is 0 Å². The molecule has 0 spiro atoms. The van der Waals surface area contributed by atoms with Gasteiger partial charge in [0.25, 0.3) is 0 Å². The highest BCUT2D eigenvalue weighted by Gasteiger charge is 2.42. The lowest BCUT2D eigenvalue weighted by Gasteiger charge is -2.22. The van der Waals surface area contributed by atoms with Crippen molar-refractivity contribution in [3.63, 3.8) is 0 Å². The van der Waals surface area contributed by atoms with E-state index < -0.39 is 10.0 Å². The number of H-pyrrole nitrogens is 1. The molecule has 1 saturated heterocycles. The van der Waals surface area contributed by atoms with Crippen LogP contribution in [0.5, 0.6) is 0 Å². The molecule has 0 aliphatic carbocycles. The molecule has 7 heteroatoms. The van der Waals surface area contributed by atoms with Crippen molar-refractivity contribution in [3.8, 4) is 0 Å². The minimum atomic E-state index is -3.66. The Morgan fingerprint density at radius 1 is 1.20 bits per heavy atom. The third kappa shape index (κ3) is 2.84. The summed E-state index contributed by atoms with van der Waals surface area (Å²) in [6.07, 6.45) is 3.77. The van der Waals surface area contributed by atoms with Crippen LogP contribution in [-0.2, 0) is 14.8 Å². The number of aromatic amines is 1. The topological polar surface area (TPSA) is 75.3 Å². The van der Waals surface area contributed by atoms with Gasteiger partial charge in [-0.2, -0.15) is 4.31 Å². The van der Waals surface area contributed by atoms with E-state index in [0.717, 1.165) is 10.8 Å². The number of hydrogen-bond acceptors (Lipinski definition) is 4. The molecule has 25 heavy (non-hydrogen) atoms. The van der Waals surface area contributed by atoms with Crippen LogP contribution in [0.25, 0.3) is 10.8 Å². The maximum Gasteiger partial charge on any atom is 0.243 e. The molecule has 0 amide bonds. The SMILES string of the molecule is CO[C@@H]1CC(c2ncc[nH]2)N(S(=O)(=O)c2ccc3ccccc3c2)C1. The van der Waals surface area contributed by atoms with E-state index in [1.54, 1.807) is 31.6 Å². The summed E-state index contributed by atoms with van der Waals surface area (Å²) in [6, 6.07) is 12.6. The number of imidazole rings is 1. The summed E-state index contributed by atoms with van der Waals surface area (Å²) in [5.41, 5.74) is 0. The van der Waals surface area contributed by atoms with Crippen LogP contribution in [-0.4, -0.2) is 42.4 Å². The van der Waals surface area contributed by atoms with Crippen molar-refractivity contribution in [2.24, 2.45) is 0 Å².